The van der Waals surface area contributed by atoms with E-state index in [0.29, 0.717) is 17.8 Å². The first-order chi connectivity index (χ1) is 13.8. The van der Waals surface area contributed by atoms with Crippen LogP contribution < -0.4 is 5.73 Å². The first-order valence-corrected chi connectivity index (χ1v) is 10.4. The maximum Gasteiger partial charge on any atom is 0.283 e. The summed E-state index contributed by atoms with van der Waals surface area (Å²) in [6.45, 7) is 1.69. The van der Waals surface area contributed by atoms with Crippen molar-refractivity contribution in [2.75, 3.05) is 5.75 Å². The predicted octanol–water partition coefficient (Wildman–Crippen LogP) is 2.73. The molecule has 2 aromatic carbocycles. The number of amides is 1. The van der Waals surface area contributed by atoms with Crippen molar-refractivity contribution >= 4 is 21.4 Å². The van der Waals surface area contributed by atoms with Gasteiger partial charge in [-0.25, -0.2) is 13.4 Å². The Balaban J connectivity index is 2.37. The van der Waals surface area contributed by atoms with Gasteiger partial charge in [0.05, 0.1) is 21.3 Å². The molecule has 0 atom stereocenters. The normalized spacial score (nSPS) is 11.3. The lowest BCUT2D eigenvalue weighted by Crippen LogP contribution is -2.17. The van der Waals surface area contributed by atoms with Crippen LogP contribution in [0.25, 0.3) is 17.1 Å². The molecule has 0 aliphatic heterocycles. The molecule has 1 amide bonds. The van der Waals surface area contributed by atoms with E-state index in [-0.39, 0.29) is 21.9 Å². The summed E-state index contributed by atoms with van der Waals surface area (Å²) in [5.74, 6) is -0.816. The molecule has 1 heterocycles. The second kappa shape index (κ2) is 7.84. The Morgan fingerprint density at radius 2 is 1.93 bits per heavy atom. The van der Waals surface area contributed by atoms with Crippen LogP contribution in [0.4, 0.5) is 5.69 Å². The molecule has 10 heteroatoms. The quantitative estimate of drug-likeness (QED) is 0.466. The lowest BCUT2D eigenvalue weighted by atomic mass is 10.1. The van der Waals surface area contributed by atoms with Gasteiger partial charge < -0.3 is 5.73 Å². The molecule has 0 radical (unpaired) electrons. The fourth-order valence-corrected chi connectivity index (χ4v) is 4.55. The zero-order chi connectivity index (χ0) is 21.2. The summed E-state index contributed by atoms with van der Waals surface area (Å²) in [5, 5.41) is 11.4. The van der Waals surface area contributed by atoms with E-state index >= 15 is 0 Å². The maximum absolute atomic E-state index is 12.9. The topological polar surface area (TPSA) is 138 Å². The number of benzene rings is 2. The maximum atomic E-state index is 12.9. The summed E-state index contributed by atoms with van der Waals surface area (Å²) in [6.07, 6.45) is 3.33. The first kappa shape index (κ1) is 20.2. The van der Waals surface area contributed by atoms with Gasteiger partial charge in [-0.2, -0.15) is 0 Å². The van der Waals surface area contributed by atoms with Crippen molar-refractivity contribution in [2.24, 2.45) is 5.73 Å². The van der Waals surface area contributed by atoms with Crippen molar-refractivity contribution in [2.45, 2.75) is 18.2 Å². The average Bonchev–Trinajstić information content (AvgIpc) is 3.17. The summed E-state index contributed by atoms with van der Waals surface area (Å²) in [5.41, 5.74) is 5.07. The molecule has 0 bridgehead atoms. The smallest absolute Gasteiger partial charge is 0.283 e. The van der Waals surface area contributed by atoms with Gasteiger partial charge in [0.15, 0.2) is 9.84 Å². The van der Waals surface area contributed by atoms with E-state index in [4.69, 9.17) is 5.73 Å². The molecule has 0 unspecified atom stereocenters. The van der Waals surface area contributed by atoms with Gasteiger partial charge in [-0.05, 0) is 12.5 Å². The monoisotopic (exact) mass is 414 g/mol. The predicted molar refractivity (Wildman–Crippen MR) is 107 cm³/mol. The zero-order valence-electron chi connectivity index (χ0n) is 15.5. The Labute approximate surface area is 166 Å². The molecular weight excluding hydrogens is 396 g/mol. The number of nitrogens with two attached hydrogens (primary N) is 1. The largest absolute Gasteiger partial charge is 0.365 e. The molecule has 0 spiro atoms. The van der Waals surface area contributed by atoms with Gasteiger partial charge in [0.2, 0.25) is 0 Å². The van der Waals surface area contributed by atoms with Crippen LogP contribution in [-0.2, 0) is 9.84 Å². The van der Waals surface area contributed by atoms with Crippen LogP contribution in [-0.4, -0.2) is 34.6 Å². The highest BCUT2D eigenvalue weighted by Gasteiger charge is 2.29. The Bertz CT molecular complexity index is 1190. The van der Waals surface area contributed by atoms with Crippen molar-refractivity contribution in [3.63, 3.8) is 0 Å². The Hall–Kier alpha value is -3.53. The van der Waals surface area contributed by atoms with Gasteiger partial charge in [0.25, 0.3) is 11.6 Å². The summed E-state index contributed by atoms with van der Waals surface area (Å²) in [6, 6.07) is 11.0. The number of nitrogens with zero attached hydrogens (tertiary/aromatic N) is 3. The highest BCUT2D eigenvalue weighted by atomic mass is 32.2. The number of hydrogen-bond donors (Lipinski definition) is 1. The second-order valence-corrected chi connectivity index (χ2v) is 8.34. The van der Waals surface area contributed by atoms with E-state index in [2.05, 4.69) is 4.98 Å². The molecule has 0 saturated heterocycles. The molecule has 29 heavy (non-hydrogen) atoms. The fraction of sp³-hybridized carbons (Fsp3) is 0.158. The zero-order valence-corrected chi connectivity index (χ0v) is 16.3. The summed E-state index contributed by atoms with van der Waals surface area (Å²) >= 11 is 0. The van der Waals surface area contributed by atoms with Crippen LogP contribution in [0.1, 0.15) is 23.7 Å². The van der Waals surface area contributed by atoms with E-state index in [1.807, 2.05) is 6.07 Å². The minimum atomic E-state index is -3.87. The molecule has 0 aliphatic rings. The number of rotatable bonds is 7. The minimum Gasteiger partial charge on any atom is -0.365 e. The van der Waals surface area contributed by atoms with E-state index < -0.39 is 26.4 Å². The fourth-order valence-electron chi connectivity index (χ4n) is 3.02. The number of aromatic nitrogens is 2. The standard InChI is InChI=1S/C19H18N4O5S/c1-2-10-29(27,28)17-12-15(23(25)26)14(18(20)24)11-16(17)22-9-8-21-19(22)13-6-4-3-5-7-13/h3-9,11-12H,2,10H2,1H3,(H2,20,24). The van der Waals surface area contributed by atoms with E-state index in [9.17, 15) is 23.3 Å². The van der Waals surface area contributed by atoms with Crippen molar-refractivity contribution in [3.8, 4) is 17.1 Å². The number of nitro groups is 1. The van der Waals surface area contributed by atoms with Gasteiger partial charge in [0.1, 0.15) is 11.4 Å². The molecule has 3 rings (SSSR count). The highest BCUT2D eigenvalue weighted by molar-refractivity contribution is 7.91. The minimum absolute atomic E-state index is 0.0780. The third kappa shape index (κ3) is 3.87. The van der Waals surface area contributed by atoms with Crippen LogP contribution >= 0.6 is 0 Å². The summed E-state index contributed by atoms with van der Waals surface area (Å²) in [7, 11) is -3.87. The molecule has 1 aromatic heterocycles. The van der Waals surface area contributed by atoms with Gasteiger partial charge in [-0.3, -0.25) is 19.5 Å². The Morgan fingerprint density at radius 1 is 1.24 bits per heavy atom. The third-order valence-electron chi connectivity index (χ3n) is 4.28. The Kier molecular flexibility index (Phi) is 5.46. The van der Waals surface area contributed by atoms with Crippen LogP contribution in [0.15, 0.2) is 59.8 Å². The van der Waals surface area contributed by atoms with E-state index in [1.165, 1.54) is 17.0 Å². The summed E-state index contributed by atoms with van der Waals surface area (Å²) < 4.78 is 27.2. The SMILES string of the molecule is CCCS(=O)(=O)c1cc([N+](=O)[O-])c(C(N)=O)cc1-n1ccnc1-c1ccccc1. The number of carbonyl (C=O) groups excluding carboxylic acids is 1. The number of imidazole rings is 1. The van der Waals surface area contributed by atoms with E-state index in [1.54, 1.807) is 31.2 Å². The first-order valence-electron chi connectivity index (χ1n) is 8.70. The highest BCUT2D eigenvalue weighted by Crippen LogP contribution is 2.32. The molecule has 9 nitrogen and oxygen atoms in total. The molecule has 0 aliphatic carbocycles. The lowest BCUT2D eigenvalue weighted by molar-refractivity contribution is -0.385. The molecule has 0 saturated carbocycles. The number of hydrogen-bond acceptors (Lipinski definition) is 6. The van der Waals surface area contributed by atoms with Crippen molar-refractivity contribution in [3.05, 3.63) is 70.5 Å². The van der Waals surface area contributed by atoms with Gasteiger partial charge in [-0.15, -0.1) is 0 Å². The van der Waals surface area contributed by atoms with Gasteiger partial charge >= 0.3 is 0 Å². The molecule has 2 N–H and O–H groups in total. The van der Waals surface area contributed by atoms with Gasteiger partial charge in [0, 0.05) is 24.0 Å². The van der Waals surface area contributed by atoms with Crippen molar-refractivity contribution in [1.82, 2.24) is 9.55 Å². The van der Waals surface area contributed by atoms with Crippen LogP contribution in [0, 0.1) is 10.1 Å². The van der Waals surface area contributed by atoms with Crippen LogP contribution in [0.5, 0.6) is 0 Å². The number of primary amides is 1. The third-order valence-corrected chi connectivity index (χ3v) is 6.22. The number of nitro benzene ring substituents is 1. The van der Waals surface area contributed by atoms with Crippen molar-refractivity contribution in [1.29, 1.82) is 0 Å². The van der Waals surface area contributed by atoms with Gasteiger partial charge in [-0.1, -0.05) is 37.3 Å². The lowest BCUT2D eigenvalue weighted by Gasteiger charge is -2.15. The van der Waals surface area contributed by atoms with Crippen molar-refractivity contribution < 1.29 is 18.1 Å². The molecule has 150 valence electrons. The number of carbonyl (C=O) groups is 1. The average molecular weight is 414 g/mol. The molecule has 3 aromatic rings. The Morgan fingerprint density at radius 3 is 2.52 bits per heavy atom. The van der Waals surface area contributed by atoms with Crippen LogP contribution in [0.2, 0.25) is 0 Å². The second-order valence-electron chi connectivity index (χ2n) is 6.26. The van der Waals surface area contributed by atoms with E-state index in [0.717, 1.165) is 12.1 Å². The molecular formula is C19H18N4O5S. The van der Waals surface area contributed by atoms with Crippen LogP contribution in [0.3, 0.4) is 0 Å². The summed E-state index contributed by atoms with van der Waals surface area (Å²) in [4.78, 5) is 26.5. The number of sulfone groups is 1. The molecule has 0 fully saturated rings.